The Morgan fingerprint density at radius 3 is 2.31 bits per heavy atom. The molecule has 2 aromatic carbocycles. The highest BCUT2D eigenvalue weighted by atomic mass is 16.3. The van der Waals surface area contributed by atoms with Crippen LogP contribution in [0.5, 0.6) is 0 Å². The zero-order valence-corrected chi connectivity index (χ0v) is 16.5. The molecule has 6 nitrogen and oxygen atoms in total. The Morgan fingerprint density at radius 1 is 0.931 bits per heavy atom. The molecule has 0 radical (unpaired) electrons. The third-order valence-electron chi connectivity index (χ3n) is 5.71. The van der Waals surface area contributed by atoms with Crippen LogP contribution in [0.1, 0.15) is 35.2 Å². The van der Waals surface area contributed by atoms with Crippen molar-refractivity contribution in [3.8, 4) is 0 Å². The predicted octanol–water partition coefficient (Wildman–Crippen LogP) is 3.12. The summed E-state index contributed by atoms with van der Waals surface area (Å²) < 4.78 is 0. The Labute approximate surface area is 171 Å². The van der Waals surface area contributed by atoms with Gasteiger partial charge < -0.3 is 14.9 Å². The number of aliphatic hydroxyl groups excluding tert-OH is 1. The zero-order valence-electron chi connectivity index (χ0n) is 16.5. The second-order valence-corrected chi connectivity index (χ2v) is 7.77. The number of anilines is 1. The molecule has 2 aliphatic heterocycles. The fourth-order valence-corrected chi connectivity index (χ4v) is 4.01. The molecule has 0 aromatic heterocycles. The van der Waals surface area contributed by atoms with Crippen LogP contribution in [0, 0.1) is 0 Å². The van der Waals surface area contributed by atoms with Gasteiger partial charge in [-0.05, 0) is 49.1 Å². The van der Waals surface area contributed by atoms with Crippen molar-refractivity contribution < 1.29 is 14.7 Å². The Morgan fingerprint density at radius 2 is 1.62 bits per heavy atom. The number of likely N-dealkylation sites (tertiary alicyclic amines) is 1. The summed E-state index contributed by atoms with van der Waals surface area (Å²) in [4.78, 5) is 31.1. The number of benzene rings is 2. The van der Waals surface area contributed by atoms with Crippen LogP contribution in [0.3, 0.4) is 0 Å². The summed E-state index contributed by atoms with van der Waals surface area (Å²) in [6.07, 6.45) is 1.87. The molecule has 1 N–H and O–H groups in total. The largest absolute Gasteiger partial charge is 0.393 e. The fourth-order valence-electron chi connectivity index (χ4n) is 4.01. The number of carbonyl (C=O) groups is 2. The second kappa shape index (κ2) is 8.66. The van der Waals surface area contributed by atoms with Gasteiger partial charge in [0.25, 0.3) is 5.91 Å². The first-order valence-electron chi connectivity index (χ1n) is 10.3. The van der Waals surface area contributed by atoms with Crippen molar-refractivity contribution in [2.45, 2.75) is 31.9 Å². The first-order chi connectivity index (χ1) is 14.1. The van der Waals surface area contributed by atoms with Crippen molar-refractivity contribution in [2.75, 3.05) is 31.1 Å². The SMILES string of the molecule is O=C(c1ccc(N2CCCN(Cc3ccccc3)C2=O)cc1)N1CCC(O)CC1. The summed E-state index contributed by atoms with van der Waals surface area (Å²) in [7, 11) is 0. The molecule has 0 unspecified atom stereocenters. The number of hydrogen-bond donors (Lipinski definition) is 1. The fraction of sp³-hybridized carbons (Fsp3) is 0.391. The van der Waals surface area contributed by atoms with E-state index in [0.717, 1.165) is 24.2 Å². The molecule has 2 aromatic rings. The van der Waals surface area contributed by atoms with E-state index in [1.165, 1.54) is 0 Å². The van der Waals surface area contributed by atoms with Gasteiger partial charge >= 0.3 is 6.03 Å². The summed E-state index contributed by atoms with van der Waals surface area (Å²) in [5, 5.41) is 9.62. The Bertz CT molecular complexity index is 845. The van der Waals surface area contributed by atoms with Crippen molar-refractivity contribution in [2.24, 2.45) is 0 Å². The molecule has 0 atom stereocenters. The standard InChI is InChI=1S/C23H27N3O3/c27-21-11-15-24(16-12-21)22(28)19-7-9-20(10-8-19)26-14-4-13-25(23(26)29)17-18-5-2-1-3-6-18/h1-3,5-10,21,27H,4,11-17H2. The number of hydrogen-bond acceptors (Lipinski definition) is 3. The number of amides is 3. The molecule has 0 saturated carbocycles. The van der Waals surface area contributed by atoms with Crippen LogP contribution < -0.4 is 4.90 Å². The molecule has 2 saturated heterocycles. The van der Waals surface area contributed by atoms with Gasteiger partial charge in [-0.3, -0.25) is 9.69 Å². The summed E-state index contributed by atoms with van der Waals surface area (Å²) in [5.41, 5.74) is 2.56. The van der Waals surface area contributed by atoms with Crippen molar-refractivity contribution in [1.29, 1.82) is 0 Å². The van der Waals surface area contributed by atoms with E-state index in [1.807, 2.05) is 47.4 Å². The van der Waals surface area contributed by atoms with Crippen LogP contribution in [0.15, 0.2) is 54.6 Å². The minimum Gasteiger partial charge on any atom is -0.393 e. The van der Waals surface area contributed by atoms with E-state index in [0.29, 0.717) is 44.6 Å². The van der Waals surface area contributed by atoms with Gasteiger partial charge in [0, 0.05) is 44.0 Å². The van der Waals surface area contributed by atoms with Gasteiger partial charge in [0.05, 0.1) is 6.10 Å². The molecule has 3 amide bonds. The van der Waals surface area contributed by atoms with Gasteiger partial charge in [-0.25, -0.2) is 4.79 Å². The van der Waals surface area contributed by atoms with Gasteiger partial charge in [-0.15, -0.1) is 0 Å². The van der Waals surface area contributed by atoms with Gasteiger partial charge in [0.2, 0.25) is 0 Å². The zero-order chi connectivity index (χ0) is 20.2. The second-order valence-electron chi connectivity index (χ2n) is 7.77. The molecule has 0 bridgehead atoms. The molecule has 0 spiro atoms. The average molecular weight is 393 g/mol. The molecule has 29 heavy (non-hydrogen) atoms. The molecule has 2 heterocycles. The lowest BCUT2D eigenvalue weighted by atomic mass is 10.1. The lowest BCUT2D eigenvalue weighted by Gasteiger charge is -2.36. The number of nitrogens with zero attached hydrogens (tertiary/aromatic N) is 3. The topological polar surface area (TPSA) is 64.1 Å². The van der Waals surface area contributed by atoms with E-state index in [1.54, 1.807) is 21.9 Å². The molecule has 2 aliphatic rings. The molecular formula is C23H27N3O3. The third kappa shape index (κ3) is 4.43. The molecule has 6 heteroatoms. The third-order valence-corrected chi connectivity index (χ3v) is 5.71. The van der Waals surface area contributed by atoms with Gasteiger partial charge in [0.15, 0.2) is 0 Å². The maximum absolute atomic E-state index is 13.0. The van der Waals surface area contributed by atoms with E-state index in [2.05, 4.69) is 0 Å². The highest BCUT2D eigenvalue weighted by Crippen LogP contribution is 2.23. The smallest absolute Gasteiger partial charge is 0.324 e. The van der Waals surface area contributed by atoms with Crippen molar-refractivity contribution in [3.63, 3.8) is 0 Å². The van der Waals surface area contributed by atoms with E-state index in [9.17, 15) is 14.7 Å². The monoisotopic (exact) mass is 393 g/mol. The summed E-state index contributed by atoms with van der Waals surface area (Å²) >= 11 is 0. The quantitative estimate of drug-likeness (QED) is 0.868. The summed E-state index contributed by atoms with van der Waals surface area (Å²) in [6.45, 7) is 3.21. The first-order valence-corrected chi connectivity index (χ1v) is 10.3. The maximum Gasteiger partial charge on any atom is 0.324 e. The van der Waals surface area contributed by atoms with Crippen molar-refractivity contribution >= 4 is 17.6 Å². The van der Waals surface area contributed by atoms with Crippen LogP contribution in [-0.4, -0.2) is 59.1 Å². The summed E-state index contributed by atoms with van der Waals surface area (Å²) in [6, 6.07) is 17.3. The van der Waals surface area contributed by atoms with Gasteiger partial charge in [-0.2, -0.15) is 0 Å². The number of urea groups is 1. The first kappa shape index (κ1) is 19.5. The van der Waals surface area contributed by atoms with Crippen molar-refractivity contribution in [1.82, 2.24) is 9.80 Å². The Balaban J connectivity index is 1.42. The summed E-state index contributed by atoms with van der Waals surface area (Å²) in [5.74, 6) is -0.0147. The molecular weight excluding hydrogens is 366 g/mol. The molecule has 2 fully saturated rings. The average Bonchev–Trinajstić information content (AvgIpc) is 2.76. The van der Waals surface area contributed by atoms with E-state index in [-0.39, 0.29) is 18.0 Å². The number of rotatable bonds is 4. The van der Waals surface area contributed by atoms with Crippen LogP contribution in [0.2, 0.25) is 0 Å². The number of piperidine rings is 1. The minimum absolute atomic E-state index is 0.00389. The number of aliphatic hydroxyl groups is 1. The number of carbonyl (C=O) groups excluding carboxylic acids is 2. The van der Waals surface area contributed by atoms with E-state index < -0.39 is 0 Å². The minimum atomic E-state index is -0.301. The molecule has 152 valence electrons. The Hall–Kier alpha value is -2.86. The van der Waals surface area contributed by atoms with Crippen LogP contribution in [0.4, 0.5) is 10.5 Å². The van der Waals surface area contributed by atoms with Crippen LogP contribution in [-0.2, 0) is 6.54 Å². The lowest BCUT2D eigenvalue weighted by molar-refractivity contribution is 0.0546. The van der Waals surface area contributed by atoms with Crippen LogP contribution in [0.25, 0.3) is 0 Å². The highest BCUT2D eigenvalue weighted by Gasteiger charge is 2.27. The highest BCUT2D eigenvalue weighted by molar-refractivity contribution is 5.96. The van der Waals surface area contributed by atoms with Gasteiger partial charge in [-0.1, -0.05) is 30.3 Å². The normalized spacial score (nSPS) is 18.2. The van der Waals surface area contributed by atoms with E-state index >= 15 is 0 Å². The van der Waals surface area contributed by atoms with Gasteiger partial charge in [0.1, 0.15) is 0 Å². The predicted molar refractivity (Wildman–Crippen MR) is 112 cm³/mol. The van der Waals surface area contributed by atoms with Crippen molar-refractivity contribution in [3.05, 3.63) is 65.7 Å². The Kier molecular flexibility index (Phi) is 5.81. The van der Waals surface area contributed by atoms with Crippen LogP contribution >= 0.6 is 0 Å². The molecule has 0 aliphatic carbocycles. The molecule has 4 rings (SSSR count). The van der Waals surface area contributed by atoms with E-state index in [4.69, 9.17) is 0 Å². The maximum atomic E-state index is 13.0. The lowest BCUT2D eigenvalue weighted by Crippen LogP contribution is -2.49.